The Bertz CT molecular complexity index is 1590. The molecule has 0 unspecified atom stereocenters. The molecule has 0 saturated carbocycles. The fraction of sp³-hybridized carbons (Fsp3) is 0.235. The molecule has 0 aromatic heterocycles. The lowest BCUT2D eigenvalue weighted by molar-refractivity contribution is -0.274. The second-order valence-electron chi connectivity index (χ2n) is 10.5. The summed E-state index contributed by atoms with van der Waals surface area (Å²) in [5.74, 6) is -0.0827. The summed E-state index contributed by atoms with van der Waals surface area (Å²) in [6.07, 6.45) is -3.48. The Morgan fingerprint density at radius 2 is 1.51 bits per heavy atom. The lowest BCUT2D eigenvalue weighted by atomic mass is 9.94. The number of amides is 2. The van der Waals surface area contributed by atoms with E-state index < -0.39 is 6.36 Å². The first-order valence-electron chi connectivity index (χ1n) is 14.0. The highest BCUT2D eigenvalue weighted by Gasteiger charge is 2.31. The minimum Gasteiger partial charge on any atom is -0.490 e. The third-order valence-electron chi connectivity index (χ3n) is 7.32. The number of likely N-dealkylation sites (tertiary alicyclic amines) is 1. The van der Waals surface area contributed by atoms with Crippen LogP contribution in [-0.4, -0.2) is 42.3 Å². The molecule has 43 heavy (non-hydrogen) atoms. The van der Waals surface area contributed by atoms with Gasteiger partial charge in [0.2, 0.25) is 0 Å². The van der Waals surface area contributed by atoms with Crippen LogP contribution in [0.4, 0.5) is 18.9 Å². The van der Waals surface area contributed by atoms with Gasteiger partial charge >= 0.3 is 6.36 Å². The van der Waals surface area contributed by atoms with Crippen molar-refractivity contribution < 1.29 is 32.2 Å². The lowest BCUT2D eigenvalue weighted by Gasteiger charge is -2.32. The molecule has 222 valence electrons. The fourth-order valence-electron chi connectivity index (χ4n) is 5.16. The van der Waals surface area contributed by atoms with Gasteiger partial charge in [0.05, 0.1) is 0 Å². The third kappa shape index (κ3) is 7.54. The first kappa shape index (κ1) is 29.7. The zero-order chi connectivity index (χ0) is 30.6. The van der Waals surface area contributed by atoms with Crippen LogP contribution in [0.3, 0.4) is 0 Å². The molecular weight excluding hydrogens is 557 g/mol. The van der Waals surface area contributed by atoms with Gasteiger partial charge < -0.3 is 19.7 Å². The van der Waals surface area contributed by atoms with Crippen LogP contribution in [0, 0.1) is 13.8 Å². The smallest absolute Gasteiger partial charge is 0.490 e. The van der Waals surface area contributed by atoms with Crippen LogP contribution in [0.25, 0.3) is 11.1 Å². The van der Waals surface area contributed by atoms with E-state index >= 15 is 0 Å². The molecule has 0 atom stereocenters. The predicted molar refractivity (Wildman–Crippen MR) is 158 cm³/mol. The second kappa shape index (κ2) is 12.6. The fourth-order valence-corrected chi connectivity index (χ4v) is 5.16. The van der Waals surface area contributed by atoms with Crippen LogP contribution in [0.5, 0.6) is 11.5 Å². The average molecular weight is 589 g/mol. The summed E-state index contributed by atoms with van der Waals surface area (Å²) in [7, 11) is 0. The minimum atomic E-state index is -4.79. The molecule has 0 spiro atoms. The summed E-state index contributed by atoms with van der Waals surface area (Å²) in [5, 5.41) is 2.91. The number of halogens is 3. The zero-order valence-corrected chi connectivity index (χ0v) is 23.8. The Morgan fingerprint density at radius 1 is 0.837 bits per heavy atom. The van der Waals surface area contributed by atoms with Crippen molar-refractivity contribution in [2.24, 2.45) is 0 Å². The van der Waals surface area contributed by atoms with Crippen LogP contribution < -0.4 is 14.8 Å². The van der Waals surface area contributed by atoms with Crippen molar-refractivity contribution in [1.29, 1.82) is 0 Å². The van der Waals surface area contributed by atoms with Gasteiger partial charge in [0.25, 0.3) is 11.8 Å². The molecule has 5 rings (SSSR count). The largest absolute Gasteiger partial charge is 0.573 e. The van der Waals surface area contributed by atoms with E-state index in [0.29, 0.717) is 59.6 Å². The molecule has 0 aliphatic carbocycles. The van der Waals surface area contributed by atoms with E-state index in [1.807, 2.05) is 55.1 Å². The van der Waals surface area contributed by atoms with Gasteiger partial charge in [-0.05, 0) is 73.0 Å². The monoisotopic (exact) mass is 588 g/mol. The van der Waals surface area contributed by atoms with Crippen molar-refractivity contribution in [1.82, 2.24) is 4.90 Å². The molecule has 1 N–H and O–H groups in total. The predicted octanol–water partition coefficient (Wildman–Crippen LogP) is 7.80. The first-order valence-corrected chi connectivity index (χ1v) is 14.0. The van der Waals surface area contributed by atoms with Gasteiger partial charge in [-0.2, -0.15) is 0 Å². The maximum absolute atomic E-state index is 13.4. The minimum absolute atomic E-state index is 0.0178. The molecule has 6 nitrogen and oxygen atoms in total. The zero-order valence-electron chi connectivity index (χ0n) is 23.8. The first-order chi connectivity index (χ1) is 20.6. The molecule has 9 heteroatoms. The third-order valence-corrected chi connectivity index (χ3v) is 7.32. The molecule has 4 aromatic rings. The Kier molecular flexibility index (Phi) is 8.71. The molecule has 1 saturated heterocycles. The van der Waals surface area contributed by atoms with Crippen LogP contribution in [0.1, 0.15) is 44.7 Å². The van der Waals surface area contributed by atoms with Gasteiger partial charge in [-0.25, -0.2) is 0 Å². The van der Waals surface area contributed by atoms with Gasteiger partial charge in [-0.1, -0.05) is 48.0 Å². The molecule has 1 aliphatic heterocycles. The second-order valence-corrected chi connectivity index (χ2v) is 10.5. The number of alkyl halides is 3. The SMILES string of the molecule is Cc1ccc(C(=O)N2CCC(Oc3cccc(NC(=O)c4cccc(C)c4-c4ccc(OC(F)(F)F)cc4)c3)CC2)cc1. The summed E-state index contributed by atoms with van der Waals surface area (Å²) < 4.78 is 47.9. The van der Waals surface area contributed by atoms with E-state index in [-0.39, 0.29) is 23.7 Å². The number of rotatable bonds is 7. The highest BCUT2D eigenvalue weighted by molar-refractivity contribution is 6.09. The number of hydrogen-bond donors (Lipinski definition) is 1. The summed E-state index contributed by atoms with van der Waals surface area (Å²) in [4.78, 5) is 28.1. The van der Waals surface area contributed by atoms with E-state index in [1.165, 1.54) is 24.3 Å². The Labute approximate surface area is 248 Å². The number of nitrogens with zero attached hydrogens (tertiary/aromatic N) is 1. The number of ether oxygens (including phenoxy) is 2. The molecule has 0 bridgehead atoms. The summed E-state index contributed by atoms with van der Waals surface area (Å²) >= 11 is 0. The Hall–Kier alpha value is -4.79. The van der Waals surface area contributed by atoms with E-state index in [9.17, 15) is 22.8 Å². The standard InChI is InChI=1S/C34H31F3N2O4/c1-22-9-11-25(12-10-22)33(41)39-19-17-27(18-20-39)42-29-7-4-6-26(21-29)38-32(40)30-8-3-5-23(2)31(30)24-13-15-28(16-14-24)43-34(35,36)37/h3-16,21,27H,17-20H2,1-2H3,(H,38,40). The quantitative estimate of drug-likeness (QED) is 0.239. The Balaban J connectivity index is 1.23. The number of carbonyl (C=O) groups is 2. The van der Waals surface area contributed by atoms with E-state index in [0.717, 1.165) is 11.1 Å². The van der Waals surface area contributed by atoms with Crippen LogP contribution in [-0.2, 0) is 0 Å². The maximum atomic E-state index is 13.4. The molecular formula is C34H31F3N2O4. The van der Waals surface area contributed by atoms with Crippen molar-refractivity contribution >= 4 is 17.5 Å². The van der Waals surface area contributed by atoms with Crippen molar-refractivity contribution in [3.63, 3.8) is 0 Å². The normalized spacial score (nSPS) is 13.8. The van der Waals surface area contributed by atoms with Gasteiger partial charge in [-0.15, -0.1) is 13.2 Å². The Morgan fingerprint density at radius 3 is 2.19 bits per heavy atom. The molecule has 0 radical (unpaired) electrons. The average Bonchev–Trinajstić information content (AvgIpc) is 2.97. The summed E-state index contributed by atoms with van der Waals surface area (Å²) in [6, 6.07) is 25.4. The van der Waals surface area contributed by atoms with Gasteiger partial charge in [0.1, 0.15) is 17.6 Å². The number of carbonyl (C=O) groups excluding carboxylic acids is 2. The van der Waals surface area contributed by atoms with E-state index in [1.54, 1.807) is 30.3 Å². The van der Waals surface area contributed by atoms with Crippen molar-refractivity contribution in [3.05, 3.63) is 113 Å². The van der Waals surface area contributed by atoms with E-state index in [2.05, 4.69) is 10.1 Å². The van der Waals surface area contributed by atoms with Gasteiger partial charge in [-0.3, -0.25) is 9.59 Å². The van der Waals surface area contributed by atoms with Crippen molar-refractivity contribution in [3.8, 4) is 22.6 Å². The number of hydrogen-bond acceptors (Lipinski definition) is 4. The highest BCUT2D eigenvalue weighted by atomic mass is 19.4. The van der Waals surface area contributed by atoms with Gasteiger partial charge in [0.15, 0.2) is 0 Å². The topological polar surface area (TPSA) is 67.9 Å². The molecule has 1 heterocycles. The highest BCUT2D eigenvalue weighted by Crippen LogP contribution is 2.32. The van der Waals surface area contributed by atoms with E-state index in [4.69, 9.17) is 4.74 Å². The maximum Gasteiger partial charge on any atom is 0.573 e. The molecule has 2 amide bonds. The lowest BCUT2D eigenvalue weighted by Crippen LogP contribution is -2.41. The van der Waals surface area contributed by atoms with Crippen LogP contribution in [0.15, 0.2) is 91.0 Å². The number of anilines is 1. The summed E-state index contributed by atoms with van der Waals surface area (Å²) in [6.45, 7) is 5.00. The van der Waals surface area contributed by atoms with Crippen LogP contribution in [0.2, 0.25) is 0 Å². The molecule has 1 fully saturated rings. The number of nitrogens with one attached hydrogen (secondary N) is 1. The molecule has 1 aliphatic rings. The van der Waals surface area contributed by atoms with Crippen LogP contribution >= 0.6 is 0 Å². The van der Waals surface area contributed by atoms with Crippen molar-refractivity contribution in [2.45, 2.75) is 39.2 Å². The number of benzene rings is 4. The number of aryl methyl sites for hydroxylation is 2. The summed E-state index contributed by atoms with van der Waals surface area (Å²) in [5.41, 5.74) is 4.69. The van der Waals surface area contributed by atoms with Crippen molar-refractivity contribution in [2.75, 3.05) is 18.4 Å². The van der Waals surface area contributed by atoms with Gasteiger partial charge in [0, 0.05) is 48.8 Å². The molecule has 4 aromatic carbocycles. The number of piperidine rings is 1.